The Morgan fingerprint density at radius 2 is 2.03 bits per heavy atom. The number of amides is 1. The fourth-order valence-corrected chi connectivity index (χ4v) is 3.09. The molecule has 0 radical (unpaired) electrons. The molecule has 3 N–H and O–H groups in total. The van der Waals surface area contributed by atoms with Crippen LogP contribution in [-0.2, 0) is 0 Å². The first-order chi connectivity index (χ1) is 17.0. The molecule has 1 amide bonds. The van der Waals surface area contributed by atoms with Crippen molar-refractivity contribution in [1.82, 2.24) is 30.7 Å². The summed E-state index contributed by atoms with van der Waals surface area (Å²) in [4.78, 5) is 23.6. The van der Waals surface area contributed by atoms with Gasteiger partial charge in [0.25, 0.3) is 11.6 Å². The van der Waals surface area contributed by atoms with Gasteiger partial charge in [-0.2, -0.15) is 9.78 Å². The quantitative estimate of drug-likeness (QED) is 0.205. The van der Waals surface area contributed by atoms with E-state index in [4.69, 9.17) is 10.5 Å². The Kier molecular flexibility index (Phi) is 6.71. The Bertz CT molecular complexity index is 1380. The summed E-state index contributed by atoms with van der Waals surface area (Å²) >= 11 is 0. The maximum absolute atomic E-state index is 12.9. The van der Waals surface area contributed by atoms with Crippen molar-refractivity contribution in [2.45, 2.75) is 13.3 Å². The first kappa shape index (κ1) is 23.0. The summed E-state index contributed by atoms with van der Waals surface area (Å²) in [5.74, 6) is -0.0820. The number of nitro benzene ring substituents is 1. The van der Waals surface area contributed by atoms with Crippen molar-refractivity contribution >= 4 is 23.6 Å². The number of carbonyl (C=O) groups excluding carboxylic acids is 1. The minimum absolute atomic E-state index is 0.0428. The zero-order chi connectivity index (χ0) is 24.8. The van der Waals surface area contributed by atoms with E-state index in [9.17, 15) is 14.9 Å². The molecular weight excluding hydrogens is 458 g/mol. The smallest absolute Gasteiger partial charge is 0.294 e. The van der Waals surface area contributed by atoms with Gasteiger partial charge in [0.15, 0.2) is 5.69 Å². The summed E-state index contributed by atoms with van der Waals surface area (Å²) in [6, 6.07) is 12.9. The summed E-state index contributed by atoms with van der Waals surface area (Å²) in [5, 5.41) is 30.2. The molecule has 4 aromatic rings. The zero-order valence-corrected chi connectivity index (χ0v) is 18.4. The molecule has 0 bridgehead atoms. The highest BCUT2D eigenvalue weighted by Crippen LogP contribution is 2.28. The number of rotatable bonds is 9. The molecule has 0 saturated carbocycles. The number of hydrogen-bond acceptors (Lipinski definition) is 11. The van der Waals surface area contributed by atoms with Gasteiger partial charge in [0.2, 0.25) is 11.6 Å². The predicted octanol–water partition coefficient (Wildman–Crippen LogP) is 2.36. The molecule has 0 aliphatic rings. The topological polar surface area (TPSA) is 189 Å². The number of benzene rings is 2. The first-order valence-electron chi connectivity index (χ1n) is 10.3. The van der Waals surface area contributed by atoms with E-state index in [1.54, 1.807) is 30.3 Å². The Hall–Kier alpha value is -5.14. The second kappa shape index (κ2) is 10.2. The Balaban J connectivity index is 1.66. The monoisotopic (exact) mass is 477 g/mol. The lowest BCUT2D eigenvalue weighted by Gasteiger charge is -2.08. The number of aromatic nitrogens is 5. The SMILES string of the molecule is CCCOc1ccc(-c2c(C(=O)N/N=C\c3ccccc3[N+](=O)[O-])nnn2-c2nonc2N)cc1. The van der Waals surface area contributed by atoms with Gasteiger partial charge in [0.05, 0.1) is 23.3 Å². The molecular formula is C21H19N9O5. The van der Waals surface area contributed by atoms with E-state index in [2.05, 4.69) is 35.8 Å². The van der Waals surface area contributed by atoms with Gasteiger partial charge >= 0.3 is 0 Å². The van der Waals surface area contributed by atoms with Crippen LogP contribution in [0, 0.1) is 10.1 Å². The molecule has 0 spiro atoms. The molecule has 0 atom stereocenters. The molecule has 35 heavy (non-hydrogen) atoms. The molecule has 0 aliphatic carbocycles. The predicted molar refractivity (Wildman–Crippen MR) is 123 cm³/mol. The first-order valence-corrected chi connectivity index (χ1v) is 10.3. The molecule has 0 fully saturated rings. The van der Waals surface area contributed by atoms with E-state index in [1.165, 1.54) is 29.1 Å². The molecule has 14 nitrogen and oxygen atoms in total. The van der Waals surface area contributed by atoms with Gasteiger partial charge in [0.1, 0.15) is 11.4 Å². The minimum atomic E-state index is -0.720. The fraction of sp³-hybridized carbons (Fsp3) is 0.143. The normalized spacial score (nSPS) is 11.0. The number of anilines is 1. The number of nitrogens with zero attached hydrogens (tertiary/aromatic N) is 7. The second-order valence-electron chi connectivity index (χ2n) is 7.06. The molecule has 0 unspecified atom stereocenters. The lowest BCUT2D eigenvalue weighted by Crippen LogP contribution is -2.19. The van der Waals surface area contributed by atoms with Crippen LogP contribution >= 0.6 is 0 Å². The second-order valence-corrected chi connectivity index (χ2v) is 7.06. The number of nitrogens with two attached hydrogens (primary N) is 1. The molecule has 14 heteroatoms. The zero-order valence-electron chi connectivity index (χ0n) is 18.4. The van der Waals surface area contributed by atoms with Crippen LogP contribution in [0.1, 0.15) is 29.4 Å². The summed E-state index contributed by atoms with van der Waals surface area (Å²) in [6.07, 6.45) is 2.02. The van der Waals surface area contributed by atoms with Gasteiger partial charge in [-0.05, 0) is 47.1 Å². The minimum Gasteiger partial charge on any atom is -0.494 e. The number of hydrogen-bond donors (Lipinski definition) is 2. The average Bonchev–Trinajstić information content (AvgIpc) is 3.49. The van der Waals surface area contributed by atoms with Crippen molar-refractivity contribution in [3.05, 3.63) is 69.9 Å². The lowest BCUT2D eigenvalue weighted by molar-refractivity contribution is -0.385. The van der Waals surface area contributed by atoms with Crippen LogP contribution in [0.2, 0.25) is 0 Å². The van der Waals surface area contributed by atoms with Crippen LogP contribution in [0.5, 0.6) is 5.75 Å². The van der Waals surface area contributed by atoms with Crippen molar-refractivity contribution in [2.75, 3.05) is 12.3 Å². The number of hydrazone groups is 1. The third kappa shape index (κ3) is 4.95. The van der Waals surface area contributed by atoms with E-state index in [0.717, 1.165) is 6.42 Å². The summed E-state index contributed by atoms with van der Waals surface area (Å²) < 4.78 is 11.5. The van der Waals surface area contributed by atoms with Crippen LogP contribution in [0.25, 0.3) is 17.1 Å². The highest BCUT2D eigenvalue weighted by Gasteiger charge is 2.25. The third-order valence-electron chi connectivity index (χ3n) is 4.69. The van der Waals surface area contributed by atoms with Crippen molar-refractivity contribution in [3.63, 3.8) is 0 Å². The summed E-state index contributed by atoms with van der Waals surface area (Å²) in [5.41, 5.74) is 8.87. The largest absolute Gasteiger partial charge is 0.494 e. The molecule has 2 heterocycles. The third-order valence-corrected chi connectivity index (χ3v) is 4.69. The molecule has 178 valence electrons. The molecule has 2 aromatic carbocycles. The number of nitrogens with one attached hydrogen (secondary N) is 1. The fourth-order valence-electron chi connectivity index (χ4n) is 3.09. The van der Waals surface area contributed by atoms with Crippen molar-refractivity contribution in [2.24, 2.45) is 5.10 Å². The molecule has 2 aromatic heterocycles. The summed E-state index contributed by atoms with van der Waals surface area (Å²) in [6.45, 7) is 2.56. The molecule has 0 saturated heterocycles. The van der Waals surface area contributed by atoms with E-state index in [-0.39, 0.29) is 34.3 Å². The maximum Gasteiger partial charge on any atom is 0.294 e. The number of para-hydroxylation sites is 1. The maximum atomic E-state index is 12.9. The van der Waals surface area contributed by atoms with Crippen LogP contribution in [-0.4, -0.2) is 49.0 Å². The van der Waals surface area contributed by atoms with E-state index in [1.807, 2.05) is 6.92 Å². The van der Waals surface area contributed by atoms with Crippen LogP contribution < -0.4 is 15.9 Å². The Morgan fingerprint density at radius 1 is 1.26 bits per heavy atom. The van der Waals surface area contributed by atoms with Crippen molar-refractivity contribution in [1.29, 1.82) is 0 Å². The van der Waals surface area contributed by atoms with Gasteiger partial charge in [0, 0.05) is 11.6 Å². The number of ether oxygens (including phenoxy) is 1. The van der Waals surface area contributed by atoms with E-state index in [0.29, 0.717) is 17.9 Å². The molecule has 4 rings (SSSR count). The number of nitro groups is 1. The van der Waals surface area contributed by atoms with Gasteiger partial charge in [-0.1, -0.05) is 24.3 Å². The molecule has 0 aliphatic heterocycles. The van der Waals surface area contributed by atoms with E-state index >= 15 is 0 Å². The number of nitrogen functional groups attached to an aromatic ring is 1. The van der Waals surface area contributed by atoms with Crippen LogP contribution in [0.15, 0.2) is 58.3 Å². The standard InChI is InChI=1S/C21H19N9O5/c1-2-11-34-15-9-7-13(8-10-15)18-17(24-28-29(18)20-19(22)26-35-27-20)21(31)25-23-12-14-5-3-4-6-16(14)30(32)33/h3-10,12H,2,11H2,1H3,(H2,22,26)(H,25,31)/b23-12-. The van der Waals surface area contributed by atoms with Crippen LogP contribution in [0.4, 0.5) is 11.5 Å². The van der Waals surface area contributed by atoms with Gasteiger partial charge < -0.3 is 10.5 Å². The highest BCUT2D eigenvalue weighted by molar-refractivity contribution is 5.99. The van der Waals surface area contributed by atoms with Crippen LogP contribution in [0.3, 0.4) is 0 Å². The summed E-state index contributed by atoms with van der Waals surface area (Å²) in [7, 11) is 0. The van der Waals surface area contributed by atoms with Crippen molar-refractivity contribution < 1.29 is 19.1 Å². The van der Waals surface area contributed by atoms with Gasteiger partial charge in [-0.25, -0.2) is 10.1 Å². The highest BCUT2D eigenvalue weighted by atomic mass is 16.6. The lowest BCUT2D eigenvalue weighted by atomic mass is 10.1. The van der Waals surface area contributed by atoms with Gasteiger partial charge in [-0.15, -0.1) is 5.10 Å². The Morgan fingerprint density at radius 3 is 2.71 bits per heavy atom. The average molecular weight is 477 g/mol. The number of carbonyl (C=O) groups is 1. The van der Waals surface area contributed by atoms with Gasteiger partial charge in [-0.3, -0.25) is 14.9 Å². The van der Waals surface area contributed by atoms with E-state index < -0.39 is 10.8 Å². The Labute approximate surface area is 197 Å². The van der Waals surface area contributed by atoms with Crippen molar-refractivity contribution in [3.8, 4) is 22.8 Å².